The summed E-state index contributed by atoms with van der Waals surface area (Å²) in [6.45, 7) is 40.5. The van der Waals surface area contributed by atoms with E-state index in [1.165, 1.54) is 139 Å². The van der Waals surface area contributed by atoms with Gasteiger partial charge in [-0.2, -0.15) is 0 Å². The number of benzene rings is 6. The molecule has 80 heavy (non-hydrogen) atoms. The molecular formula is C77H89N3+2. The van der Waals surface area contributed by atoms with E-state index in [1.54, 1.807) is 11.1 Å². The number of rotatable bonds is 2. The normalized spacial score (nSPS) is 14.3. The van der Waals surface area contributed by atoms with Crippen LogP contribution in [0.1, 0.15) is 168 Å². The van der Waals surface area contributed by atoms with E-state index in [9.17, 15) is 0 Å². The van der Waals surface area contributed by atoms with Crippen molar-refractivity contribution in [3.8, 4) is 23.8 Å². The van der Waals surface area contributed by atoms with E-state index in [1.807, 2.05) is 13.8 Å². The monoisotopic (exact) mass is 1060 g/mol. The Morgan fingerprint density at radius 1 is 0.412 bits per heavy atom. The van der Waals surface area contributed by atoms with Crippen LogP contribution in [0.3, 0.4) is 0 Å². The maximum absolute atomic E-state index is 3.16. The van der Waals surface area contributed by atoms with Gasteiger partial charge in [-0.3, -0.25) is 4.90 Å². The summed E-state index contributed by atoms with van der Waals surface area (Å²) in [6.07, 6.45) is 23.0. The van der Waals surface area contributed by atoms with E-state index in [-0.39, 0.29) is 0 Å². The molecule has 410 valence electrons. The molecular weight excluding hydrogens is 967 g/mol. The first-order valence-electron chi connectivity index (χ1n) is 28.9. The molecule has 0 spiro atoms. The highest BCUT2D eigenvalue weighted by molar-refractivity contribution is 5.84. The Kier molecular flexibility index (Phi) is 20.3. The highest BCUT2D eigenvalue weighted by Crippen LogP contribution is 2.33. The fourth-order valence-electron chi connectivity index (χ4n) is 11.8. The average molecular weight is 1060 g/mol. The van der Waals surface area contributed by atoms with Crippen LogP contribution in [-0.4, -0.2) is 33.5 Å². The summed E-state index contributed by atoms with van der Waals surface area (Å²) >= 11 is 0. The van der Waals surface area contributed by atoms with Gasteiger partial charge >= 0.3 is 0 Å². The highest BCUT2D eigenvalue weighted by atomic mass is 15.1. The molecule has 0 amide bonds. The Morgan fingerprint density at radius 2 is 0.825 bits per heavy atom. The standard InChI is InChI=1S/C14H16.C14H14.C13H16N.C13H14N.C12H14.C11H15N/c2*1-4-5-12-8-13-10(2)6-7-11(3)14(13)9-12;2*1-4-7-14-8-12-10(2)5-6-11(3)13(12)9-14;1-8-6-11-9(2)4-5-10(3)12(11)7-8;1-8-4-5-9(2)11-7-12(3)6-10(8)11/h4-8H,9H2,1-3H3;6-8H,9H2,1-3H3;4-8H,9H2,1-3H3;5-6,8H,9H2,1-3H3;4-6H,7H2,1-3H3;4-5H,6-7H2,1-3H3/q;;2*+1;;/b5-4+;;7-4+;;;. The molecule has 0 bridgehead atoms. The molecule has 3 heteroatoms. The summed E-state index contributed by atoms with van der Waals surface area (Å²) in [5.74, 6) is 9.05. The van der Waals surface area contributed by atoms with Gasteiger partial charge in [-0.25, -0.2) is 4.58 Å². The lowest BCUT2D eigenvalue weighted by Crippen LogP contribution is -2.07. The van der Waals surface area contributed by atoms with E-state index >= 15 is 0 Å². The fraction of sp³-hybridized carbons (Fsp3) is 0.325. The van der Waals surface area contributed by atoms with Crippen molar-refractivity contribution in [2.45, 2.75) is 163 Å². The molecule has 0 saturated carbocycles. The Balaban J connectivity index is 0.000000139. The van der Waals surface area contributed by atoms with Crippen molar-refractivity contribution in [1.82, 2.24) is 4.90 Å². The largest absolute Gasteiger partial charge is 0.298 e. The molecule has 3 nitrogen and oxygen atoms in total. The number of fused-ring (bicyclic) bond motifs is 6. The van der Waals surface area contributed by atoms with E-state index in [0.29, 0.717) is 0 Å². The molecule has 3 aliphatic heterocycles. The van der Waals surface area contributed by atoms with Crippen LogP contribution in [0.4, 0.5) is 0 Å². The van der Waals surface area contributed by atoms with Crippen LogP contribution in [0.25, 0.3) is 18.2 Å². The maximum Gasteiger partial charge on any atom is 0.222 e. The Labute approximate surface area is 483 Å². The molecule has 6 aromatic rings. The van der Waals surface area contributed by atoms with Crippen molar-refractivity contribution in [2.75, 3.05) is 7.05 Å². The maximum atomic E-state index is 3.16. The van der Waals surface area contributed by atoms with Crippen LogP contribution in [0.15, 0.2) is 114 Å². The summed E-state index contributed by atoms with van der Waals surface area (Å²) in [5.41, 5.74) is 38.5. The van der Waals surface area contributed by atoms with Crippen molar-refractivity contribution in [2.24, 2.45) is 0 Å². The Morgan fingerprint density at radius 3 is 1.25 bits per heavy atom. The molecule has 6 aliphatic rings. The van der Waals surface area contributed by atoms with Crippen LogP contribution < -0.4 is 0 Å². The van der Waals surface area contributed by atoms with Crippen molar-refractivity contribution in [3.63, 3.8) is 0 Å². The van der Waals surface area contributed by atoms with Gasteiger partial charge < -0.3 is 0 Å². The fourth-order valence-corrected chi connectivity index (χ4v) is 11.8. The topological polar surface area (TPSA) is 9.26 Å². The summed E-state index contributed by atoms with van der Waals surface area (Å²) in [5, 5.41) is 0. The first-order valence-corrected chi connectivity index (χ1v) is 28.9. The molecule has 0 fully saturated rings. The van der Waals surface area contributed by atoms with Gasteiger partial charge in [0.2, 0.25) is 6.04 Å². The molecule has 0 aromatic heterocycles. The number of aryl methyl sites for hydroxylation is 12. The second-order valence-electron chi connectivity index (χ2n) is 23.0. The molecule has 12 rings (SSSR count). The second kappa shape index (κ2) is 27.1. The molecule has 6 aromatic carbocycles. The van der Waals surface area contributed by atoms with Gasteiger partial charge in [0.05, 0.1) is 11.1 Å². The zero-order chi connectivity index (χ0) is 57.9. The molecule has 0 saturated heterocycles. The third-order valence-corrected chi connectivity index (χ3v) is 16.6. The van der Waals surface area contributed by atoms with Crippen molar-refractivity contribution in [1.29, 1.82) is 0 Å². The minimum Gasteiger partial charge on any atom is -0.298 e. The van der Waals surface area contributed by atoms with Crippen molar-refractivity contribution in [3.05, 3.63) is 247 Å². The Bertz CT molecular complexity index is 3490. The first-order chi connectivity index (χ1) is 38.2. The summed E-state index contributed by atoms with van der Waals surface area (Å²) < 4.78 is 4.30. The molecule has 3 heterocycles. The first kappa shape index (κ1) is 60.1. The minimum absolute atomic E-state index is 0.934. The zero-order valence-electron chi connectivity index (χ0n) is 51.9. The molecule has 0 atom stereocenters. The van der Waals surface area contributed by atoms with Crippen LogP contribution >= 0.6 is 0 Å². The van der Waals surface area contributed by atoms with Gasteiger partial charge in [0.1, 0.15) is 0 Å². The van der Waals surface area contributed by atoms with Gasteiger partial charge in [0, 0.05) is 43.1 Å². The SMILES string of the molecule is C/C=C/C1=Cc2c(C)ccc(C)c2C1.C/C=C/[N+]1=Cc2c(C)ccc(C)c2C1.CC#CC1=Cc2c(C)ccc(C)c2C1.CC#C[N+]1=Cc2c(C)ccc(C)c2C1.CC1=Cc2c(C)ccc(C)c2C1.Cc1ccc(C)c2c1CN(C)C2. The molecule has 0 unspecified atom stereocenters. The summed E-state index contributed by atoms with van der Waals surface area (Å²) in [7, 11) is 2.18. The molecule has 0 radical (unpaired) electrons. The lowest BCUT2D eigenvalue weighted by Gasteiger charge is -2.05. The number of nitrogens with zero attached hydrogens (tertiary/aromatic N) is 3. The predicted octanol–water partition coefficient (Wildman–Crippen LogP) is 17.6. The van der Waals surface area contributed by atoms with Gasteiger partial charge in [-0.1, -0.05) is 109 Å². The number of hydrogen-bond donors (Lipinski definition) is 0. The summed E-state index contributed by atoms with van der Waals surface area (Å²) in [6, 6.07) is 29.6. The van der Waals surface area contributed by atoms with Gasteiger partial charge in [0.15, 0.2) is 31.7 Å². The van der Waals surface area contributed by atoms with Gasteiger partial charge in [0.25, 0.3) is 0 Å². The van der Waals surface area contributed by atoms with Crippen LogP contribution in [0.5, 0.6) is 0 Å². The lowest BCUT2D eigenvalue weighted by molar-refractivity contribution is -0.464. The summed E-state index contributed by atoms with van der Waals surface area (Å²) in [4.78, 5) is 2.37. The van der Waals surface area contributed by atoms with Crippen LogP contribution in [-0.2, 0) is 45.4 Å². The Hall–Kier alpha value is -7.56. The molecule has 0 N–H and O–H groups in total. The number of hydrogen-bond acceptors (Lipinski definition) is 1. The highest BCUT2D eigenvalue weighted by Gasteiger charge is 2.23. The molecule has 3 aliphatic carbocycles. The lowest BCUT2D eigenvalue weighted by atomic mass is 9.99. The van der Waals surface area contributed by atoms with E-state index in [4.69, 9.17) is 0 Å². The predicted molar refractivity (Wildman–Crippen MR) is 346 cm³/mol. The second-order valence-corrected chi connectivity index (χ2v) is 23.0. The van der Waals surface area contributed by atoms with E-state index < -0.39 is 0 Å². The smallest absolute Gasteiger partial charge is 0.222 e. The zero-order valence-corrected chi connectivity index (χ0v) is 51.9. The average Bonchev–Trinajstić information content (AvgIpc) is 4.31. The third-order valence-electron chi connectivity index (χ3n) is 16.6. The van der Waals surface area contributed by atoms with Crippen molar-refractivity contribution >= 4 is 30.7 Å². The van der Waals surface area contributed by atoms with E-state index in [0.717, 1.165) is 45.4 Å². The van der Waals surface area contributed by atoms with Crippen LogP contribution in [0.2, 0.25) is 0 Å². The van der Waals surface area contributed by atoms with E-state index in [2.05, 4.69) is 277 Å². The van der Waals surface area contributed by atoms with Gasteiger partial charge in [-0.05, 0) is 266 Å². The van der Waals surface area contributed by atoms with Crippen LogP contribution in [0, 0.1) is 107 Å². The van der Waals surface area contributed by atoms with Gasteiger partial charge in [-0.15, -0.1) is 10.5 Å². The van der Waals surface area contributed by atoms with Crippen molar-refractivity contribution < 1.29 is 9.15 Å². The third kappa shape index (κ3) is 14.2. The number of allylic oxidation sites excluding steroid dienone is 6. The minimum atomic E-state index is 0.934. The quantitative estimate of drug-likeness (QED) is 0.124.